The molecular formula is C27H28BNO2. The minimum Gasteiger partial charge on any atom is -0.539 e. The third kappa shape index (κ3) is 2.05. The molecule has 0 bridgehead atoms. The fourth-order valence-corrected chi connectivity index (χ4v) is 6.32. The van der Waals surface area contributed by atoms with Gasteiger partial charge in [0.05, 0.1) is 17.1 Å². The van der Waals surface area contributed by atoms with Crippen molar-refractivity contribution in [1.29, 1.82) is 0 Å². The highest BCUT2D eigenvalue weighted by atomic mass is 16.5. The van der Waals surface area contributed by atoms with E-state index in [0.717, 1.165) is 5.75 Å². The molecule has 0 atom stereocenters. The molecule has 0 aliphatic carbocycles. The Morgan fingerprint density at radius 2 is 1.00 bits per heavy atom. The number of nitrogens with zero attached hydrogens (tertiary/aromatic N) is 1. The first kappa shape index (κ1) is 19.0. The number of anilines is 3. The number of para-hydroxylation sites is 2. The zero-order chi connectivity index (χ0) is 21.9. The van der Waals surface area contributed by atoms with Gasteiger partial charge in [0, 0.05) is 16.2 Å². The highest BCUT2D eigenvalue weighted by molar-refractivity contribution is 6.17. The molecule has 0 fully saturated rings. The van der Waals surface area contributed by atoms with E-state index in [4.69, 9.17) is 4.65 Å². The third-order valence-electron chi connectivity index (χ3n) is 8.10. The van der Waals surface area contributed by atoms with Gasteiger partial charge in [0.1, 0.15) is 5.75 Å². The Morgan fingerprint density at radius 1 is 0.645 bits per heavy atom. The Labute approximate surface area is 185 Å². The molecule has 3 nitrogen and oxygen atoms in total. The van der Waals surface area contributed by atoms with Crippen molar-refractivity contribution >= 4 is 24.7 Å². The number of benzene rings is 3. The zero-order valence-electron chi connectivity index (χ0n) is 19.1. The summed E-state index contributed by atoms with van der Waals surface area (Å²) in [5, 5.41) is 9.50. The predicted molar refractivity (Wildman–Crippen MR) is 128 cm³/mol. The van der Waals surface area contributed by atoms with E-state index in [1.807, 2.05) is 0 Å². The Balaban J connectivity index is 1.84. The Kier molecular flexibility index (Phi) is 3.40. The maximum Gasteiger partial charge on any atom is 0.504 e. The number of rotatable bonds is 2. The van der Waals surface area contributed by atoms with Crippen LogP contribution >= 0.6 is 0 Å². The maximum absolute atomic E-state index is 9.50. The molecule has 0 aromatic heterocycles. The molecule has 1 N–H and O–H groups in total. The Morgan fingerprint density at radius 3 is 1.39 bits per heavy atom. The van der Waals surface area contributed by atoms with Crippen LogP contribution in [0.1, 0.15) is 74.9 Å². The summed E-state index contributed by atoms with van der Waals surface area (Å²) in [5.41, 5.74) is 11.5. The van der Waals surface area contributed by atoms with Crippen LogP contribution in [0.5, 0.6) is 5.75 Å². The van der Waals surface area contributed by atoms with Gasteiger partial charge >= 0.3 is 7.69 Å². The molecular weight excluding hydrogens is 381 g/mol. The maximum atomic E-state index is 9.50. The van der Waals surface area contributed by atoms with Gasteiger partial charge in [-0.1, -0.05) is 77.9 Å². The molecule has 0 saturated carbocycles. The quantitative estimate of drug-likeness (QED) is 0.550. The molecule has 0 spiro atoms. The first-order valence-electron chi connectivity index (χ1n) is 11.1. The third-order valence-corrected chi connectivity index (χ3v) is 8.10. The van der Waals surface area contributed by atoms with Gasteiger partial charge < -0.3 is 14.6 Å². The van der Waals surface area contributed by atoms with E-state index in [1.165, 1.54) is 50.4 Å². The van der Waals surface area contributed by atoms with Gasteiger partial charge in [-0.2, -0.15) is 0 Å². The zero-order valence-corrected chi connectivity index (χ0v) is 19.1. The summed E-state index contributed by atoms with van der Waals surface area (Å²) < 4.78 is 5.64. The molecule has 4 heteroatoms. The van der Waals surface area contributed by atoms with Gasteiger partial charge in [-0.3, -0.25) is 0 Å². The molecule has 3 aromatic carbocycles. The molecule has 3 aliphatic heterocycles. The smallest absolute Gasteiger partial charge is 0.504 e. The van der Waals surface area contributed by atoms with E-state index in [-0.39, 0.29) is 23.9 Å². The molecule has 6 rings (SSSR count). The van der Waals surface area contributed by atoms with Crippen LogP contribution in [0.2, 0.25) is 0 Å². The van der Waals surface area contributed by atoms with Crippen LogP contribution in [-0.4, -0.2) is 12.7 Å². The van der Waals surface area contributed by atoms with Crippen molar-refractivity contribution in [3.8, 4) is 5.75 Å². The van der Waals surface area contributed by atoms with Crippen LogP contribution in [0.4, 0.5) is 17.1 Å². The van der Waals surface area contributed by atoms with Crippen LogP contribution in [0, 0.1) is 0 Å². The Bertz CT molecular complexity index is 1200. The second kappa shape index (κ2) is 5.55. The molecule has 0 unspecified atom stereocenters. The summed E-state index contributed by atoms with van der Waals surface area (Å²) >= 11 is 0. The van der Waals surface area contributed by atoms with Gasteiger partial charge in [-0.05, 0) is 45.5 Å². The van der Waals surface area contributed by atoms with E-state index >= 15 is 0 Å². The molecule has 0 saturated heterocycles. The lowest BCUT2D eigenvalue weighted by atomic mass is 9.61. The first-order chi connectivity index (χ1) is 14.6. The summed E-state index contributed by atoms with van der Waals surface area (Å²) in [6, 6.07) is 17.9. The van der Waals surface area contributed by atoms with Gasteiger partial charge in [-0.15, -0.1) is 0 Å². The van der Waals surface area contributed by atoms with Crippen LogP contribution in [0.3, 0.4) is 0 Å². The lowest BCUT2D eigenvalue weighted by molar-refractivity contribution is 0.450. The molecule has 3 heterocycles. The second-order valence-corrected chi connectivity index (χ2v) is 10.8. The lowest BCUT2D eigenvalue weighted by Gasteiger charge is -2.55. The van der Waals surface area contributed by atoms with Crippen LogP contribution in [0.15, 0.2) is 48.5 Å². The highest BCUT2D eigenvalue weighted by Crippen LogP contribution is 2.66. The number of hydrogen-bond acceptors (Lipinski definition) is 3. The van der Waals surface area contributed by atoms with Crippen molar-refractivity contribution in [2.24, 2.45) is 0 Å². The topological polar surface area (TPSA) is 32.7 Å². The molecule has 3 aliphatic rings. The average Bonchev–Trinajstić information content (AvgIpc) is 2.72. The van der Waals surface area contributed by atoms with Crippen molar-refractivity contribution in [3.05, 3.63) is 81.9 Å². The predicted octanol–water partition coefficient (Wildman–Crippen LogP) is 5.71. The molecule has 156 valence electrons. The van der Waals surface area contributed by atoms with Gasteiger partial charge in [0.25, 0.3) is 0 Å². The van der Waals surface area contributed by atoms with Crippen LogP contribution in [0.25, 0.3) is 0 Å². The normalized spacial score (nSPS) is 19.5. The largest absolute Gasteiger partial charge is 0.539 e. The Hall–Kier alpha value is -2.72. The number of hydrogen-bond donors (Lipinski definition) is 1. The first-order valence-corrected chi connectivity index (χ1v) is 11.1. The summed E-state index contributed by atoms with van der Waals surface area (Å²) in [6.45, 7) is 14.0. The fourth-order valence-electron chi connectivity index (χ4n) is 6.32. The monoisotopic (exact) mass is 409 g/mol. The van der Waals surface area contributed by atoms with E-state index in [2.05, 4.69) is 95.0 Å². The summed E-state index contributed by atoms with van der Waals surface area (Å²) in [5.74, 6) is 0.731. The van der Waals surface area contributed by atoms with E-state index < -0.39 is 0 Å². The van der Waals surface area contributed by atoms with Gasteiger partial charge in [0.2, 0.25) is 0 Å². The molecule has 3 aromatic rings. The van der Waals surface area contributed by atoms with Crippen molar-refractivity contribution < 1.29 is 9.68 Å². The van der Waals surface area contributed by atoms with Gasteiger partial charge in [-0.25, -0.2) is 0 Å². The van der Waals surface area contributed by atoms with Crippen molar-refractivity contribution in [2.45, 2.75) is 57.8 Å². The van der Waals surface area contributed by atoms with Crippen molar-refractivity contribution in [1.82, 2.24) is 0 Å². The molecule has 0 radical (unpaired) electrons. The molecule has 0 amide bonds. The van der Waals surface area contributed by atoms with E-state index in [0.29, 0.717) is 0 Å². The van der Waals surface area contributed by atoms with Crippen molar-refractivity contribution in [2.75, 3.05) is 4.90 Å². The second-order valence-electron chi connectivity index (χ2n) is 10.8. The summed E-state index contributed by atoms with van der Waals surface area (Å²) in [4.78, 5) is 2.53. The van der Waals surface area contributed by atoms with Crippen LogP contribution in [-0.2, 0) is 16.2 Å². The highest BCUT2D eigenvalue weighted by Gasteiger charge is 2.51. The minimum absolute atomic E-state index is 0.0751. The van der Waals surface area contributed by atoms with E-state index in [9.17, 15) is 5.02 Å². The SMILES string of the molecule is CC1(C)c2cccc3c2N2c4c1cccc4C(C)(C)c1cc(OBO)cc(c12)C3(C)C. The standard InChI is InChI=1S/C27H28BNO2/c1-25(2)16-9-7-11-18-22(16)29-23-17(25)10-8-12-19(23)27(5,6)21-14-15(31-28-30)13-20(24(21)29)26(18,3)4/h7-14,28,30H,1-6H3. The average molecular weight is 409 g/mol. The summed E-state index contributed by atoms with van der Waals surface area (Å²) in [7, 11) is -0.321. The van der Waals surface area contributed by atoms with Gasteiger partial charge in [0.15, 0.2) is 0 Å². The fraction of sp³-hybridized carbons (Fsp3) is 0.333. The van der Waals surface area contributed by atoms with E-state index in [1.54, 1.807) is 0 Å². The molecule has 31 heavy (non-hydrogen) atoms. The van der Waals surface area contributed by atoms with Crippen LogP contribution < -0.4 is 9.55 Å². The lowest BCUT2D eigenvalue weighted by Crippen LogP contribution is -2.43. The van der Waals surface area contributed by atoms with Crippen molar-refractivity contribution in [3.63, 3.8) is 0 Å². The minimum atomic E-state index is -0.321. The summed E-state index contributed by atoms with van der Waals surface area (Å²) in [6.07, 6.45) is 0.